The van der Waals surface area contributed by atoms with Gasteiger partial charge in [0, 0.05) is 12.6 Å². The highest BCUT2D eigenvalue weighted by molar-refractivity contribution is 5.96. The molecule has 0 aromatic heterocycles. The van der Waals surface area contributed by atoms with Gasteiger partial charge in [-0.1, -0.05) is 6.92 Å². The van der Waals surface area contributed by atoms with Gasteiger partial charge in [-0.05, 0) is 20.3 Å². The second-order valence-corrected chi connectivity index (χ2v) is 5.05. The van der Waals surface area contributed by atoms with Gasteiger partial charge < -0.3 is 19.5 Å². The van der Waals surface area contributed by atoms with Crippen LogP contribution in [-0.2, 0) is 9.53 Å². The van der Waals surface area contributed by atoms with E-state index in [0.717, 1.165) is 12.5 Å². The number of benzene rings is 1. The average molecular weight is 354 g/mol. The summed E-state index contributed by atoms with van der Waals surface area (Å²) in [5.41, 5.74) is -0.809. The van der Waals surface area contributed by atoms with E-state index in [4.69, 9.17) is 14.2 Å². The quantitative estimate of drug-likeness (QED) is 0.410. The number of carbonyl (C=O) groups is 2. The second kappa shape index (κ2) is 9.45. The van der Waals surface area contributed by atoms with Crippen molar-refractivity contribution in [2.75, 3.05) is 20.3 Å². The Labute approximate surface area is 145 Å². The topological polar surface area (TPSA) is 117 Å². The molecule has 1 aromatic carbocycles. The molecule has 0 bridgehead atoms. The Morgan fingerprint density at radius 3 is 2.48 bits per heavy atom. The van der Waals surface area contributed by atoms with E-state index in [1.54, 1.807) is 6.92 Å². The van der Waals surface area contributed by atoms with Crippen molar-refractivity contribution in [2.45, 2.75) is 33.3 Å². The number of hydrogen-bond acceptors (Lipinski definition) is 7. The third-order valence-electron chi connectivity index (χ3n) is 3.20. The highest BCUT2D eigenvalue weighted by Crippen LogP contribution is 2.35. The van der Waals surface area contributed by atoms with Crippen LogP contribution in [0.25, 0.3) is 0 Å². The van der Waals surface area contributed by atoms with Crippen LogP contribution >= 0.6 is 0 Å². The van der Waals surface area contributed by atoms with Crippen LogP contribution in [0.5, 0.6) is 11.5 Å². The fourth-order valence-electron chi connectivity index (χ4n) is 1.96. The van der Waals surface area contributed by atoms with Crippen molar-refractivity contribution in [2.24, 2.45) is 0 Å². The number of nitrogens with zero attached hydrogens (tertiary/aromatic N) is 1. The van der Waals surface area contributed by atoms with Gasteiger partial charge in [0.05, 0.1) is 24.7 Å². The van der Waals surface area contributed by atoms with E-state index in [-0.39, 0.29) is 23.7 Å². The molecule has 0 radical (unpaired) electrons. The van der Waals surface area contributed by atoms with Crippen LogP contribution < -0.4 is 14.8 Å². The second-order valence-electron chi connectivity index (χ2n) is 5.05. The number of nitrogens with one attached hydrogen (secondary N) is 1. The van der Waals surface area contributed by atoms with E-state index in [2.05, 4.69) is 5.32 Å². The highest BCUT2D eigenvalue weighted by Gasteiger charge is 2.28. The molecule has 0 aliphatic heterocycles. The number of carbonyl (C=O) groups excluding carboxylic acids is 2. The van der Waals surface area contributed by atoms with Crippen LogP contribution in [0, 0.1) is 10.1 Å². The van der Waals surface area contributed by atoms with Gasteiger partial charge in [0.1, 0.15) is 5.56 Å². The van der Waals surface area contributed by atoms with Crippen molar-refractivity contribution < 1.29 is 28.7 Å². The van der Waals surface area contributed by atoms with Crippen molar-refractivity contribution in [1.29, 1.82) is 0 Å². The summed E-state index contributed by atoms with van der Waals surface area (Å²) in [7, 11) is 1.33. The largest absolute Gasteiger partial charge is 0.493 e. The molecule has 9 heteroatoms. The number of nitro groups is 1. The van der Waals surface area contributed by atoms with E-state index in [9.17, 15) is 19.7 Å². The number of hydrogen-bond donors (Lipinski definition) is 1. The molecule has 1 amide bonds. The van der Waals surface area contributed by atoms with E-state index in [1.165, 1.54) is 20.1 Å². The normalized spacial score (nSPS) is 11.4. The van der Waals surface area contributed by atoms with Crippen molar-refractivity contribution in [3.05, 3.63) is 27.8 Å². The number of amides is 1. The van der Waals surface area contributed by atoms with Crippen LogP contribution in [0.2, 0.25) is 0 Å². The maximum absolute atomic E-state index is 12.3. The molecule has 0 heterocycles. The minimum Gasteiger partial charge on any atom is -0.493 e. The van der Waals surface area contributed by atoms with Crippen LogP contribution in [0.1, 0.15) is 37.6 Å². The zero-order chi connectivity index (χ0) is 19.0. The lowest BCUT2D eigenvalue weighted by atomic mass is 10.1. The molecule has 0 saturated heterocycles. The summed E-state index contributed by atoms with van der Waals surface area (Å²) < 4.78 is 15.4. The average Bonchev–Trinajstić information content (AvgIpc) is 2.59. The van der Waals surface area contributed by atoms with Crippen molar-refractivity contribution in [3.63, 3.8) is 0 Å². The molecule has 0 spiro atoms. The molecule has 1 N–H and O–H groups in total. The zero-order valence-corrected chi connectivity index (χ0v) is 14.7. The van der Waals surface area contributed by atoms with Gasteiger partial charge in [-0.15, -0.1) is 0 Å². The van der Waals surface area contributed by atoms with E-state index >= 15 is 0 Å². The predicted octanol–water partition coefficient (Wildman–Crippen LogP) is 2.07. The van der Waals surface area contributed by atoms with Gasteiger partial charge in [-0.3, -0.25) is 14.9 Å². The SMILES string of the molecule is CCCNC(=O)[C@H](C)OC(=O)c1cc(OCC)c(OC)cc1[N+](=O)[O-]. The summed E-state index contributed by atoms with van der Waals surface area (Å²) in [6, 6.07) is 2.27. The fraction of sp³-hybridized carbons (Fsp3) is 0.500. The smallest absolute Gasteiger partial charge is 0.346 e. The molecule has 1 atom stereocenters. The number of ether oxygens (including phenoxy) is 3. The zero-order valence-electron chi connectivity index (χ0n) is 14.7. The molecular formula is C16H22N2O7. The van der Waals surface area contributed by atoms with Crippen molar-refractivity contribution in [3.8, 4) is 11.5 Å². The Bertz CT molecular complexity index is 646. The van der Waals surface area contributed by atoms with Gasteiger partial charge in [0.2, 0.25) is 0 Å². The monoisotopic (exact) mass is 354 g/mol. The van der Waals surface area contributed by atoms with Gasteiger partial charge in [0.25, 0.3) is 11.6 Å². The first-order valence-electron chi connectivity index (χ1n) is 7.83. The molecule has 25 heavy (non-hydrogen) atoms. The Balaban J connectivity index is 3.12. The van der Waals surface area contributed by atoms with Crippen LogP contribution in [0.4, 0.5) is 5.69 Å². The summed E-state index contributed by atoms with van der Waals surface area (Å²) in [6.07, 6.45) is -0.357. The van der Waals surface area contributed by atoms with E-state index in [1.807, 2.05) is 6.92 Å². The third kappa shape index (κ3) is 5.33. The van der Waals surface area contributed by atoms with Crippen molar-refractivity contribution in [1.82, 2.24) is 5.32 Å². The predicted molar refractivity (Wildman–Crippen MR) is 89.0 cm³/mol. The lowest BCUT2D eigenvalue weighted by Gasteiger charge is -2.15. The first-order valence-corrected chi connectivity index (χ1v) is 7.83. The van der Waals surface area contributed by atoms with Crippen LogP contribution in [0.3, 0.4) is 0 Å². The van der Waals surface area contributed by atoms with E-state index in [0.29, 0.717) is 6.54 Å². The third-order valence-corrected chi connectivity index (χ3v) is 3.20. The Hall–Kier alpha value is -2.84. The van der Waals surface area contributed by atoms with Gasteiger partial charge in [0.15, 0.2) is 17.6 Å². The number of nitro benzene ring substituents is 1. The van der Waals surface area contributed by atoms with Crippen LogP contribution in [0.15, 0.2) is 12.1 Å². The molecular weight excluding hydrogens is 332 g/mol. The molecule has 0 aliphatic carbocycles. The number of rotatable bonds is 9. The maximum atomic E-state index is 12.3. The van der Waals surface area contributed by atoms with Gasteiger partial charge in [-0.25, -0.2) is 4.79 Å². The van der Waals surface area contributed by atoms with Crippen LogP contribution in [-0.4, -0.2) is 43.2 Å². The van der Waals surface area contributed by atoms with Gasteiger partial charge in [-0.2, -0.15) is 0 Å². The van der Waals surface area contributed by atoms with Crippen molar-refractivity contribution >= 4 is 17.6 Å². The van der Waals surface area contributed by atoms with E-state index < -0.39 is 28.6 Å². The minimum absolute atomic E-state index is 0.124. The summed E-state index contributed by atoms with van der Waals surface area (Å²) in [5, 5.41) is 13.8. The molecule has 0 saturated carbocycles. The molecule has 1 rings (SSSR count). The number of esters is 1. The highest BCUT2D eigenvalue weighted by atomic mass is 16.6. The first-order chi connectivity index (χ1) is 11.8. The Morgan fingerprint density at radius 1 is 1.28 bits per heavy atom. The number of methoxy groups -OCH3 is 1. The molecule has 9 nitrogen and oxygen atoms in total. The summed E-state index contributed by atoms with van der Waals surface area (Å²) in [6.45, 7) is 5.71. The molecule has 0 unspecified atom stereocenters. The Morgan fingerprint density at radius 2 is 1.96 bits per heavy atom. The standard InChI is InChI=1S/C16H22N2O7/c1-5-7-17-15(19)10(3)25-16(20)11-8-14(24-6-2)13(23-4)9-12(11)18(21)22/h8-10H,5-7H2,1-4H3,(H,17,19)/t10-/m0/s1. The molecule has 138 valence electrons. The summed E-state index contributed by atoms with van der Waals surface area (Å²) >= 11 is 0. The van der Waals surface area contributed by atoms with Gasteiger partial charge >= 0.3 is 5.97 Å². The molecule has 0 aliphatic rings. The first kappa shape index (κ1) is 20.2. The minimum atomic E-state index is -1.09. The Kier molecular flexibility index (Phi) is 7.64. The molecule has 1 aromatic rings. The molecule has 0 fully saturated rings. The summed E-state index contributed by atoms with van der Waals surface area (Å²) in [5.74, 6) is -1.17. The maximum Gasteiger partial charge on any atom is 0.346 e. The lowest BCUT2D eigenvalue weighted by Crippen LogP contribution is -2.36. The summed E-state index contributed by atoms with van der Waals surface area (Å²) in [4.78, 5) is 34.6. The fourth-order valence-corrected chi connectivity index (χ4v) is 1.96. The lowest BCUT2D eigenvalue weighted by molar-refractivity contribution is -0.385.